The Morgan fingerprint density at radius 3 is 2.00 bits per heavy atom. The van der Waals surface area contributed by atoms with E-state index in [2.05, 4.69) is 33.9 Å². The minimum atomic E-state index is -2.49. The van der Waals surface area contributed by atoms with Crippen LogP contribution in [0.25, 0.3) is 0 Å². The van der Waals surface area contributed by atoms with Crippen molar-refractivity contribution in [1.82, 2.24) is 0 Å². The van der Waals surface area contributed by atoms with E-state index in [1.807, 2.05) is 30.3 Å². The number of hydrogen-bond donors (Lipinski definition) is 0. The van der Waals surface area contributed by atoms with E-state index in [4.69, 9.17) is 23.4 Å². The highest BCUT2D eigenvalue weighted by molar-refractivity contribution is 8.03. The van der Waals surface area contributed by atoms with Crippen LogP contribution in [0.5, 0.6) is 0 Å². The van der Waals surface area contributed by atoms with Crippen LogP contribution in [0.1, 0.15) is 60.8 Å². The molecule has 0 heterocycles. The molecule has 0 N–H and O–H groups in total. The number of benzene rings is 1. The molecule has 0 saturated heterocycles. The fraction of sp³-hybridized carbons (Fsp3) is 0.562. The zero-order valence-electron chi connectivity index (χ0n) is 26.9. The summed E-state index contributed by atoms with van der Waals surface area (Å²) >= 11 is 1.27. The second-order valence-corrected chi connectivity index (χ2v) is 17.6. The van der Waals surface area contributed by atoms with Gasteiger partial charge in [0.2, 0.25) is 8.32 Å². The van der Waals surface area contributed by atoms with Crippen molar-refractivity contribution >= 4 is 44.0 Å². The molecule has 0 bridgehead atoms. The normalized spacial score (nSPS) is 17.1. The van der Waals surface area contributed by atoms with Gasteiger partial charge < -0.3 is 23.4 Å². The average Bonchev–Trinajstić information content (AvgIpc) is 2.93. The van der Waals surface area contributed by atoms with Gasteiger partial charge in [0.15, 0.2) is 5.41 Å². The maximum Gasteiger partial charge on any atom is 0.337 e. The van der Waals surface area contributed by atoms with Gasteiger partial charge in [0.25, 0.3) is 0 Å². The van der Waals surface area contributed by atoms with Crippen molar-refractivity contribution in [2.45, 2.75) is 83.8 Å². The Labute approximate surface area is 260 Å². The monoisotopic (exact) mass is 634 g/mol. The second-order valence-electron chi connectivity index (χ2n) is 11.6. The number of carbonyl (C=O) groups excluding carboxylic acids is 4. The Bertz CT molecular complexity index is 1200. The molecular formula is C32H46O9SSi. The van der Waals surface area contributed by atoms with Gasteiger partial charge in [-0.05, 0) is 68.8 Å². The average molecular weight is 635 g/mol. The smallest absolute Gasteiger partial charge is 0.337 e. The zero-order chi connectivity index (χ0) is 32.4. The number of hydrogen-bond acceptors (Lipinski definition) is 10. The van der Waals surface area contributed by atoms with Crippen LogP contribution in [0.4, 0.5) is 0 Å². The van der Waals surface area contributed by atoms with Gasteiger partial charge >= 0.3 is 23.9 Å². The van der Waals surface area contributed by atoms with Crippen LogP contribution in [0, 0.1) is 11.3 Å². The predicted octanol–water partition coefficient (Wildman–Crippen LogP) is 6.59. The summed E-state index contributed by atoms with van der Waals surface area (Å²) in [6.07, 6.45) is 1.36. The van der Waals surface area contributed by atoms with Gasteiger partial charge in [0, 0.05) is 23.3 Å². The number of rotatable bonds is 13. The summed E-state index contributed by atoms with van der Waals surface area (Å²) in [5, 5.41) is -0.203. The second kappa shape index (κ2) is 15.6. The topological polar surface area (TPSA) is 114 Å². The van der Waals surface area contributed by atoms with Crippen LogP contribution in [-0.2, 0) is 42.6 Å². The summed E-state index contributed by atoms with van der Waals surface area (Å²) in [5.41, 5.74) is -1.80. The molecule has 1 atom stereocenters. The van der Waals surface area contributed by atoms with Crippen LogP contribution in [0.15, 0.2) is 57.5 Å². The molecule has 1 aliphatic carbocycles. The van der Waals surface area contributed by atoms with E-state index in [9.17, 15) is 19.2 Å². The first-order valence-corrected chi connectivity index (χ1v) is 18.4. The lowest BCUT2D eigenvalue weighted by atomic mass is 9.63. The predicted molar refractivity (Wildman–Crippen MR) is 167 cm³/mol. The minimum absolute atomic E-state index is 0.0102. The van der Waals surface area contributed by atoms with Crippen LogP contribution in [0.3, 0.4) is 0 Å². The lowest BCUT2D eigenvalue weighted by molar-refractivity contribution is -0.177. The molecule has 2 rings (SSSR count). The van der Waals surface area contributed by atoms with E-state index >= 15 is 0 Å². The highest BCUT2D eigenvalue weighted by Gasteiger charge is 2.60. The van der Waals surface area contributed by atoms with Crippen molar-refractivity contribution in [3.8, 4) is 0 Å². The maximum absolute atomic E-state index is 13.9. The third-order valence-electron chi connectivity index (χ3n) is 7.83. The third kappa shape index (κ3) is 8.75. The molecule has 0 saturated carbocycles. The fourth-order valence-electron chi connectivity index (χ4n) is 4.62. The standard InChI is InChI=1S/C32H46O9SSi/c1-10-38-28(34)27-24(20-23(21-26(33)37-7)42-22-16-14-13-15-17-22)32(29(35)39-11-2,30(36)40-12-3)19-18-25(27)41-43(8,9)31(4,5)6/h13-17,21,24H,10-12,18-20H2,1-9H3/b23-21+. The molecule has 1 aliphatic rings. The highest BCUT2D eigenvalue weighted by atomic mass is 32.2. The zero-order valence-corrected chi connectivity index (χ0v) is 28.7. The molecular weight excluding hydrogens is 588 g/mol. The first-order valence-electron chi connectivity index (χ1n) is 14.6. The van der Waals surface area contributed by atoms with Crippen LogP contribution in [0.2, 0.25) is 18.1 Å². The Morgan fingerprint density at radius 2 is 1.51 bits per heavy atom. The van der Waals surface area contributed by atoms with E-state index < -0.39 is 43.5 Å². The molecule has 43 heavy (non-hydrogen) atoms. The lowest BCUT2D eigenvalue weighted by Gasteiger charge is -2.44. The van der Waals surface area contributed by atoms with E-state index in [-0.39, 0.29) is 49.7 Å². The molecule has 1 aromatic carbocycles. The molecule has 238 valence electrons. The molecule has 1 aromatic rings. The van der Waals surface area contributed by atoms with Crippen molar-refractivity contribution in [2.24, 2.45) is 11.3 Å². The first-order chi connectivity index (χ1) is 20.2. The van der Waals surface area contributed by atoms with Gasteiger partial charge in [-0.2, -0.15) is 0 Å². The summed E-state index contributed by atoms with van der Waals surface area (Å²) in [6.45, 7) is 15.4. The SMILES string of the molecule is CCOC(=O)C1=C(O[Si](C)(C)C(C)(C)C)CCC(C(=O)OCC)(C(=O)OCC)C1C/C(=C\C(=O)OC)Sc1ccccc1. The van der Waals surface area contributed by atoms with Gasteiger partial charge in [0.05, 0.1) is 38.3 Å². The number of ether oxygens (including phenoxy) is 4. The van der Waals surface area contributed by atoms with Gasteiger partial charge in [-0.25, -0.2) is 9.59 Å². The molecule has 0 radical (unpaired) electrons. The summed E-state index contributed by atoms with van der Waals surface area (Å²) in [6, 6.07) is 9.32. The Kier molecular flexibility index (Phi) is 13.1. The summed E-state index contributed by atoms with van der Waals surface area (Å²) in [5.74, 6) is -3.64. The van der Waals surface area contributed by atoms with Gasteiger partial charge in [0.1, 0.15) is 0 Å². The molecule has 9 nitrogen and oxygen atoms in total. The highest BCUT2D eigenvalue weighted by Crippen LogP contribution is 2.52. The Morgan fingerprint density at radius 1 is 0.953 bits per heavy atom. The van der Waals surface area contributed by atoms with E-state index in [0.29, 0.717) is 10.7 Å². The molecule has 11 heteroatoms. The van der Waals surface area contributed by atoms with Crippen molar-refractivity contribution in [2.75, 3.05) is 26.9 Å². The van der Waals surface area contributed by atoms with Gasteiger partial charge in [-0.3, -0.25) is 9.59 Å². The van der Waals surface area contributed by atoms with Crippen molar-refractivity contribution in [3.63, 3.8) is 0 Å². The Hall–Kier alpha value is -3.05. The quantitative estimate of drug-likeness (QED) is 0.0588. The lowest BCUT2D eigenvalue weighted by Crippen LogP contribution is -2.52. The molecule has 0 aliphatic heterocycles. The fourth-order valence-corrected chi connectivity index (χ4v) is 6.76. The van der Waals surface area contributed by atoms with Crippen LogP contribution >= 0.6 is 11.8 Å². The molecule has 0 spiro atoms. The van der Waals surface area contributed by atoms with Crippen molar-refractivity contribution < 1.29 is 42.6 Å². The number of carbonyl (C=O) groups is 4. The molecule has 1 unspecified atom stereocenters. The summed E-state index contributed by atoms with van der Waals surface area (Å²) < 4.78 is 28.2. The van der Waals surface area contributed by atoms with Gasteiger partial charge in [-0.1, -0.05) is 50.7 Å². The third-order valence-corrected chi connectivity index (χ3v) is 13.3. The molecule has 0 fully saturated rings. The van der Waals surface area contributed by atoms with Crippen LogP contribution in [-0.4, -0.2) is 59.1 Å². The largest absolute Gasteiger partial charge is 0.546 e. The van der Waals surface area contributed by atoms with Crippen LogP contribution < -0.4 is 0 Å². The van der Waals surface area contributed by atoms with Gasteiger partial charge in [-0.15, -0.1) is 0 Å². The van der Waals surface area contributed by atoms with E-state index in [1.54, 1.807) is 20.8 Å². The number of thioether (sulfide) groups is 1. The Balaban J connectivity index is 2.94. The summed E-state index contributed by atoms with van der Waals surface area (Å²) in [4.78, 5) is 55.5. The number of allylic oxidation sites excluding steroid dienone is 2. The maximum atomic E-state index is 13.9. The van der Waals surface area contributed by atoms with E-state index in [1.165, 1.54) is 24.9 Å². The minimum Gasteiger partial charge on any atom is -0.546 e. The van der Waals surface area contributed by atoms with Crippen molar-refractivity contribution in [3.05, 3.63) is 52.6 Å². The molecule has 0 amide bonds. The molecule has 0 aromatic heterocycles. The van der Waals surface area contributed by atoms with Crippen molar-refractivity contribution in [1.29, 1.82) is 0 Å². The number of methoxy groups -OCH3 is 1. The number of esters is 4. The van der Waals surface area contributed by atoms with E-state index in [0.717, 1.165) is 4.90 Å². The summed E-state index contributed by atoms with van der Waals surface area (Å²) in [7, 11) is -1.22. The first kappa shape index (κ1) is 36.1.